The van der Waals surface area contributed by atoms with Crippen molar-refractivity contribution in [2.24, 2.45) is 0 Å². The number of hydrogen-bond donors (Lipinski definition) is 1. The van der Waals surface area contributed by atoms with Crippen molar-refractivity contribution < 1.29 is 23.9 Å². The number of carbonyl (C=O) groups is 4. The van der Waals surface area contributed by atoms with E-state index in [9.17, 15) is 19.2 Å². The first-order valence-corrected chi connectivity index (χ1v) is 14.5. The molecular formula is C31H36N4O5. The lowest BCUT2D eigenvalue weighted by molar-refractivity contribution is -0.136. The number of imide groups is 1. The van der Waals surface area contributed by atoms with Gasteiger partial charge in [0.25, 0.3) is 11.8 Å². The van der Waals surface area contributed by atoms with Crippen molar-refractivity contribution in [3.05, 3.63) is 64.7 Å². The van der Waals surface area contributed by atoms with Crippen LogP contribution in [0.3, 0.4) is 0 Å². The number of fused-ring (bicyclic) bond motifs is 1. The van der Waals surface area contributed by atoms with Gasteiger partial charge in [0.1, 0.15) is 18.4 Å². The molecule has 3 fully saturated rings. The summed E-state index contributed by atoms with van der Waals surface area (Å²) < 4.78 is 6.25. The molecule has 40 heavy (non-hydrogen) atoms. The molecule has 1 unspecified atom stereocenters. The number of nitrogens with one attached hydrogen (secondary N) is 1. The van der Waals surface area contributed by atoms with E-state index in [4.69, 9.17) is 4.74 Å². The molecule has 0 radical (unpaired) electrons. The van der Waals surface area contributed by atoms with Crippen molar-refractivity contribution in [2.75, 3.05) is 26.2 Å². The largest absolute Gasteiger partial charge is 0.492 e. The van der Waals surface area contributed by atoms with Crippen LogP contribution in [0.15, 0.2) is 42.5 Å². The molecule has 0 saturated carbocycles. The Morgan fingerprint density at radius 2 is 1.70 bits per heavy atom. The van der Waals surface area contributed by atoms with Crippen LogP contribution in [0.25, 0.3) is 0 Å². The molecule has 6 rings (SSSR count). The molecule has 0 spiro atoms. The van der Waals surface area contributed by atoms with Gasteiger partial charge in [-0.15, -0.1) is 0 Å². The van der Waals surface area contributed by atoms with E-state index in [1.54, 1.807) is 11.0 Å². The zero-order chi connectivity index (χ0) is 27.6. The van der Waals surface area contributed by atoms with Gasteiger partial charge < -0.3 is 14.5 Å². The van der Waals surface area contributed by atoms with Crippen LogP contribution >= 0.6 is 0 Å². The van der Waals surface area contributed by atoms with Crippen LogP contribution in [0.5, 0.6) is 5.75 Å². The third-order valence-corrected chi connectivity index (χ3v) is 8.67. The summed E-state index contributed by atoms with van der Waals surface area (Å²) in [5, 5.41) is 2.34. The molecule has 1 N–H and O–H groups in total. The predicted octanol–water partition coefficient (Wildman–Crippen LogP) is 3.12. The maximum absolute atomic E-state index is 13.0. The second-order valence-electron chi connectivity index (χ2n) is 11.3. The summed E-state index contributed by atoms with van der Waals surface area (Å²) in [5.74, 6) is -0.0270. The molecule has 9 nitrogen and oxygen atoms in total. The molecule has 4 aliphatic rings. The van der Waals surface area contributed by atoms with Crippen molar-refractivity contribution in [3.63, 3.8) is 0 Å². The molecule has 0 aliphatic carbocycles. The molecular weight excluding hydrogens is 508 g/mol. The third kappa shape index (κ3) is 5.47. The summed E-state index contributed by atoms with van der Waals surface area (Å²) >= 11 is 0. The van der Waals surface area contributed by atoms with Gasteiger partial charge in [0.2, 0.25) is 11.8 Å². The maximum Gasteiger partial charge on any atom is 0.255 e. The fraction of sp³-hybridized carbons (Fsp3) is 0.484. The van der Waals surface area contributed by atoms with Gasteiger partial charge in [-0.2, -0.15) is 0 Å². The predicted molar refractivity (Wildman–Crippen MR) is 148 cm³/mol. The highest BCUT2D eigenvalue weighted by Crippen LogP contribution is 2.31. The van der Waals surface area contributed by atoms with Crippen molar-refractivity contribution in [1.29, 1.82) is 0 Å². The summed E-state index contributed by atoms with van der Waals surface area (Å²) in [4.78, 5) is 55.5. The number of piperidine rings is 2. The molecule has 4 amide bonds. The zero-order valence-electron chi connectivity index (χ0n) is 22.8. The topological polar surface area (TPSA) is 99.3 Å². The average molecular weight is 545 g/mol. The Bertz CT molecular complexity index is 1300. The molecule has 3 saturated heterocycles. The maximum atomic E-state index is 13.0. The Morgan fingerprint density at radius 1 is 0.925 bits per heavy atom. The number of nitrogens with zero attached hydrogens (tertiary/aromatic N) is 3. The van der Waals surface area contributed by atoms with Gasteiger partial charge in [0, 0.05) is 49.8 Å². The first kappa shape index (κ1) is 26.5. The van der Waals surface area contributed by atoms with Gasteiger partial charge in [0.15, 0.2) is 0 Å². The Balaban J connectivity index is 1.06. The minimum absolute atomic E-state index is 0.129. The van der Waals surface area contributed by atoms with Crippen LogP contribution in [-0.4, -0.2) is 76.7 Å². The molecule has 4 heterocycles. The first-order chi connectivity index (χ1) is 19.5. The van der Waals surface area contributed by atoms with Crippen LogP contribution in [0, 0.1) is 0 Å². The minimum atomic E-state index is -0.620. The second kappa shape index (κ2) is 11.4. The normalized spacial score (nSPS) is 23.4. The molecule has 0 bridgehead atoms. The zero-order valence-corrected chi connectivity index (χ0v) is 22.8. The van der Waals surface area contributed by atoms with E-state index in [0.717, 1.165) is 69.4 Å². The van der Waals surface area contributed by atoms with E-state index < -0.39 is 11.9 Å². The highest BCUT2D eigenvalue weighted by molar-refractivity contribution is 6.05. The number of hydrogen-bond acceptors (Lipinski definition) is 6. The van der Waals surface area contributed by atoms with Crippen LogP contribution in [0.4, 0.5) is 0 Å². The van der Waals surface area contributed by atoms with E-state index in [-0.39, 0.29) is 30.2 Å². The number of ether oxygens (including phenoxy) is 1. The van der Waals surface area contributed by atoms with E-state index in [1.165, 1.54) is 5.56 Å². The fourth-order valence-corrected chi connectivity index (χ4v) is 6.38. The van der Waals surface area contributed by atoms with E-state index in [2.05, 4.69) is 22.3 Å². The number of likely N-dealkylation sites (tertiary alicyclic amines) is 2. The van der Waals surface area contributed by atoms with Crippen LogP contribution in [0.2, 0.25) is 0 Å². The number of benzene rings is 2. The molecule has 4 aliphatic heterocycles. The smallest absolute Gasteiger partial charge is 0.255 e. The van der Waals surface area contributed by atoms with Crippen LogP contribution in [-0.2, 0) is 22.7 Å². The number of rotatable bonds is 7. The highest BCUT2D eigenvalue weighted by atomic mass is 16.5. The SMILES string of the molecule is O=C1CCC(N2Cc3cc(OC[C@@H]4CCCCN4Cc4ccc(C(=O)N5CCCC5)cc4)ccc3C2=O)C(=O)N1. The van der Waals surface area contributed by atoms with E-state index >= 15 is 0 Å². The quantitative estimate of drug-likeness (QED) is 0.538. The van der Waals surface area contributed by atoms with E-state index in [0.29, 0.717) is 30.9 Å². The Labute approximate surface area is 234 Å². The van der Waals surface area contributed by atoms with Gasteiger partial charge in [-0.05, 0) is 80.1 Å². The third-order valence-electron chi connectivity index (χ3n) is 8.67. The Morgan fingerprint density at radius 3 is 2.48 bits per heavy atom. The van der Waals surface area contributed by atoms with Gasteiger partial charge in [-0.3, -0.25) is 29.4 Å². The van der Waals surface area contributed by atoms with Gasteiger partial charge in [-0.1, -0.05) is 18.6 Å². The van der Waals surface area contributed by atoms with Crippen molar-refractivity contribution in [1.82, 2.24) is 20.0 Å². The van der Waals surface area contributed by atoms with Crippen molar-refractivity contribution in [2.45, 2.75) is 70.1 Å². The summed E-state index contributed by atoms with van der Waals surface area (Å²) in [6, 6.07) is 13.2. The molecule has 2 aromatic rings. The van der Waals surface area contributed by atoms with Crippen molar-refractivity contribution in [3.8, 4) is 5.75 Å². The lowest BCUT2D eigenvalue weighted by atomic mass is 10.0. The number of carbonyl (C=O) groups excluding carboxylic acids is 4. The van der Waals surface area contributed by atoms with Crippen LogP contribution < -0.4 is 10.1 Å². The first-order valence-electron chi connectivity index (χ1n) is 14.5. The summed E-state index contributed by atoms with van der Waals surface area (Å²) in [7, 11) is 0. The lowest BCUT2D eigenvalue weighted by Crippen LogP contribution is -2.52. The average Bonchev–Trinajstić information content (AvgIpc) is 3.61. The monoisotopic (exact) mass is 544 g/mol. The molecule has 210 valence electrons. The molecule has 2 atom stereocenters. The Hall–Kier alpha value is -3.72. The second-order valence-corrected chi connectivity index (χ2v) is 11.3. The van der Waals surface area contributed by atoms with Crippen molar-refractivity contribution >= 4 is 23.6 Å². The lowest BCUT2D eigenvalue weighted by Gasteiger charge is -2.35. The summed E-state index contributed by atoms with van der Waals surface area (Å²) in [5.41, 5.74) is 3.38. The van der Waals surface area contributed by atoms with Crippen LogP contribution in [0.1, 0.15) is 76.8 Å². The highest BCUT2D eigenvalue weighted by Gasteiger charge is 2.39. The van der Waals surface area contributed by atoms with Gasteiger partial charge in [0.05, 0.1) is 0 Å². The van der Waals surface area contributed by atoms with Gasteiger partial charge >= 0.3 is 0 Å². The minimum Gasteiger partial charge on any atom is -0.492 e. The number of amides is 4. The fourth-order valence-electron chi connectivity index (χ4n) is 6.38. The summed E-state index contributed by atoms with van der Waals surface area (Å²) in [6.07, 6.45) is 6.14. The Kier molecular flexibility index (Phi) is 7.56. The molecule has 9 heteroatoms. The standard InChI is InChI=1S/C31H36N4O5/c36-28-13-12-27(29(37)32-28)35-19-23-17-25(10-11-26(23)31(35)39)40-20-24-5-1-2-16-34(24)18-21-6-8-22(9-7-21)30(38)33-14-3-4-15-33/h6-11,17,24,27H,1-5,12-16,18-20H2,(H,32,36,37)/t24-,27?/m0/s1. The molecule has 0 aromatic heterocycles. The van der Waals surface area contributed by atoms with E-state index in [1.807, 2.05) is 29.2 Å². The molecule has 2 aromatic carbocycles. The van der Waals surface area contributed by atoms with Gasteiger partial charge in [-0.25, -0.2) is 0 Å². The summed E-state index contributed by atoms with van der Waals surface area (Å²) in [6.45, 7) is 4.41.